The van der Waals surface area contributed by atoms with E-state index in [4.69, 9.17) is 0 Å². The van der Waals surface area contributed by atoms with Crippen molar-refractivity contribution in [1.82, 2.24) is 4.98 Å². The fourth-order valence-corrected chi connectivity index (χ4v) is 0.875. The number of halogens is 4. The van der Waals surface area contributed by atoms with Gasteiger partial charge in [-0.2, -0.15) is 4.39 Å². The van der Waals surface area contributed by atoms with Gasteiger partial charge in [-0.3, -0.25) is 0 Å². The van der Waals surface area contributed by atoms with Gasteiger partial charge in [-0.15, -0.1) is 13.2 Å². The van der Waals surface area contributed by atoms with Gasteiger partial charge in [0.1, 0.15) is 5.75 Å². The molecule has 0 unspecified atom stereocenters. The summed E-state index contributed by atoms with van der Waals surface area (Å²) in [7, 11) is 0.985. The zero-order valence-electron chi connectivity index (χ0n) is 7.84. The van der Waals surface area contributed by atoms with Crippen LogP contribution in [0.1, 0.15) is 10.5 Å². The van der Waals surface area contributed by atoms with Gasteiger partial charge >= 0.3 is 12.3 Å². The molecule has 0 aliphatic rings. The van der Waals surface area contributed by atoms with Crippen LogP contribution in [-0.2, 0) is 4.74 Å². The van der Waals surface area contributed by atoms with Gasteiger partial charge in [0.15, 0.2) is 5.69 Å². The van der Waals surface area contributed by atoms with E-state index < -0.39 is 29.7 Å². The highest BCUT2D eigenvalue weighted by atomic mass is 19.4. The number of carbonyl (C=O) groups excluding carboxylic acids is 1. The van der Waals surface area contributed by atoms with Crippen LogP contribution in [0.3, 0.4) is 0 Å². The van der Waals surface area contributed by atoms with E-state index in [2.05, 4.69) is 14.5 Å². The van der Waals surface area contributed by atoms with Crippen molar-refractivity contribution < 1.29 is 31.8 Å². The average molecular weight is 239 g/mol. The van der Waals surface area contributed by atoms with Crippen molar-refractivity contribution in [3.63, 3.8) is 0 Å². The predicted molar refractivity (Wildman–Crippen MR) is 42.2 cm³/mol. The molecule has 0 atom stereocenters. The number of carbonyl (C=O) groups is 1. The number of hydrogen-bond acceptors (Lipinski definition) is 4. The molecule has 0 radical (unpaired) electrons. The Morgan fingerprint density at radius 2 is 2.00 bits per heavy atom. The molecule has 1 heterocycles. The first-order valence-corrected chi connectivity index (χ1v) is 3.83. The number of alkyl halides is 3. The van der Waals surface area contributed by atoms with Crippen LogP contribution in [0, 0.1) is 5.95 Å². The first-order valence-electron chi connectivity index (χ1n) is 3.83. The lowest BCUT2D eigenvalue weighted by Crippen LogP contribution is -2.18. The molecule has 0 saturated heterocycles. The number of aromatic nitrogens is 1. The van der Waals surface area contributed by atoms with E-state index in [0.29, 0.717) is 12.1 Å². The minimum atomic E-state index is -4.97. The van der Waals surface area contributed by atoms with Gasteiger partial charge in [0, 0.05) is 12.1 Å². The van der Waals surface area contributed by atoms with E-state index in [1.165, 1.54) is 0 Å². The highest BCUT2D eigenvalue weighted by molar-refractivity contribution is 5.87. The molecule has 0 amide bonds. The van der Waals surface area contributed by atoms with E-state index in [-0.39, 0.29) is 0 Å². The van der Waals surface area contributed by atoms with Crippen molar-refractivity contribution in [3.8, 4) is 5.75 Å². The van der Waals surface area contributed by atoms with Crippen LogP contribution < -0.4 is 4.74 Å². The van der Waals surface area contributed by atoms with Crippen molar-refractivity contribution in [2.24, 2.45) is 0 Å². The fourth-order valence-electron chi connectivity index (χ4n) is 0.875. The number of nitrogens with zero attached hydrogens (tertiary/aromatic N) is 1. The first-order chi connectivity index (χ1) is 7.31. The maximum Gasteiger partial charge on any atom is 0.573 e. The standard InChI is InChI=1S/C8H5F4NO3/c1-15-7(14)5-2-4(3-6(9)13-5)16-8(10,11)12/h2-3H,1H3. The van der Waals surface area contributed by atoms with Crippen molar-refractivity contribution in [2.45, 2.75) is 6.36 Å². The zero-order valence-corrected chi connectivity index (χ0v) is 7.84. The summed E-state index contributed by atoms with van der Waals surface area (Å²) in [5.41, 5.74) is -0.609. The van der Waals surface area contributed by atoms with Crippen LogP contribution in [0.4, 0.5) is 17.6 Å². The molecule has 0 spiro atoms. The van der Waals surface area contributed by atoms with Gasteiger partial charge in [-0.05, 0) is 0 Å². The molecule has 0 fully saturated rings. The molecular formula is C8H5F4NO3. The summed E-state index contributed by atoms with van der Waals surface area (Å²) in [4.78, 5) is 13.9. The molecule has 0 aliphatic heterocycles. The largest absolute Gasteiger partial charge is 0.573 e. The Morgan fingerprint density at radius 3 is 2.50 bits per heavy atom. The van der Waals surface area contributed by atoms with Crippen LogP contribution >= 0.6 is 0 Å². The molecule has 88 valence electrons. The van der Waals surface area contributed by atoms with Crippen molar-refractivity contribution in [2.75, 3.05) is 7.11 Å². The molecule has 0 aromatic carbocycles. The number of hydrogen-bond donors (Lipinski definition) is 0. The monoisotopic (exact) mass is 239 g/mol. The molecule has 4 nitrogen and oxygen atoms in total. The average Bonchev–Trinajstić information content (AvgIpc) is 2.12. The van der Waals surface area contributed by atoms with Crippen molar-refractivity contribution in [1.29, 1.82) is 0 Å². The molecule has 8 heteroatoms. The third-order valence-electron chi connectivity index (χ3n) is 1.40. The Kier molecular flexibility index (Phi) is 3.31. The van der Waals surface area contributed by atoms with Crippen molar-refractivity contribution >= 4 is 5.97 Å². The van der Waals surface area contributed by atoms with E-state index >= 15 is 0 Å². The van der Waals surface area contributed by atoms with E-state index in [1.54, 1.807) is 0 Å². The number of ether oxygens (including phenoxy) is 2. The summed E-state index contributed by atoms with van der Waals surface area (Å²) in [5, 5.41) is 0. The van der Waals surface area contributed by atoms with Crippen LogP contribution in [-0.4, -0.2) is 24.4 Å². The van der Waals surface area contributed by atoms with Gasteiger partial charge in [0.05, 0.1) is 7.11 Å². The van der Waals surface area contributed by atoms with Crippen LogP contribution in [0.2, 0.25) is 0 Å². The second kappa shape index (κ2) is 4.33. The molecule has 1 rings (SSSR count). The molecule has 0 saturated carbocycles. The molecule has 1 aromatic rings. The number of rotatable bonds is 2. The van der Waals surface area contributed by atoms with Crippen LogP contribution in [0.5, 0.6) is 5.75 Å². The van der Waals surface area contributed by atoms with E-state index in [0.717, 1.165) is 7.11 Å². The molecule has 1 aromatic heterocycles. The lowest BCUT2D eigenvalue weighted by Gasteiger charge is -2.09. The van der Waals surface area contributed by atoms with Crippen molar-refractivity contribution in [3.05, 3.63) is 23.8 Å². The smallest absolute Gasteiger partial charge is 0.464 e. The Balaban J connectivity index is 3.03. The quantitative estimate of drug-likeness (QED) is 0.449. The summed E-state index contributed by atoms with van der Waals surface area (Å²) >= 11 is 0. The predicted octanol–water partition coefficient (Wildman–Crippen LogP) is 1.91. The third-order valence-corrected chi connectivity index (χ3v) is 1.40. The highest BCUT2D eigenvalue weighted by Crippen LogP contribution is 2.23. The molecule has 16 heavy (non-hydrogen) atoms. The Labute approximate surface area is 86.8 Å². The second-order valence-corrected chi connectivity index (χ2v) is 2.55. The van der Waals surface area contributed by atoms with Gasteiger partial charge in [-0.1, -0.05) is 0 Å². The number of pyridine rings is 1. The lowest BCUT2D eigenvalue weighted by atomic mass is 10.3. The third kappa shape index (κ3) is 3.37. The topological polar surface area (TPSA) is 48.4 Å². The maximum absolute atomic E-state index is 12.7. The number of esters is 1. The van der Waals surface area contributed by atoms with E-state index in [9.17, 15) is 22.4 Å². The molecular weight excluding hydrogens is 234 g/mol. The fraction of sp³-hybridized carbons (Fsp3) is 0.250. The van der Waals surface area contributed by atoms with E-state index in [1.807, 2.05) is 0 Å². The summed E-state index contributed by atoms with van der Waals surface area (Å²) < 4.78 is 55.8. The number of methoxy groups -OCH3 is 1. The van der Waals surface area contributed by atoms with Gasteiger partial charge in [-0.25, -0.2) is 9.78 Å². The van der Waals surface area contributed by atoms with Gasteiger partial charge in [0.2, 0.25) is 5.95 Å². The van der Waals surface area contributed by atoms with Gasteiger partial charge < -0.3 is 9.47 Å². The summed E-state index contributed by atoms with van der Waals surface area (Å²) in [6.07, 6.45) is -4.97. The van der Waals surface area contributed by atoms with Crippen LogP contribution in [0.25, 0.3) is 0 Å². The Bertz CT molecular complexity index is 405. The Morgan fingerprint density at radius 1 is 1.38 bits per heavy atom. The normalized spacial score (nSPS) is 11.1. The van der Waals surface area contributed by atoms with Gasteiger partial charge in [0.25, 0.3) is 0 Å². The highest BCUT2D eigenvalue weighted by Gasteiger charge is 2.31. The minimum absolute atomic E-state index is 0.403. The molecule has 0 N–H and O–H groups in total. The SMILES string of the molecule is COC(=O)c1cc(OC(F)(F)F)cc(F)n1. The maximum atomic E-state index is 12.7. The van der Waals surface area contributed by atoms with Crippen LogP contribution in [0.15, 0.2) is 12.1 Å². The summed E-state index contributed by atoms with van der Waals surface area (Å²) in [5.74, 6) is -3.21. The Hall–Kier alpha value is -1.86. The summed E-state index contributed by atoms with van der Waals surface area (Å²) in [6.45, 7) is 0. The molecule has 0 aliphatic carbocycles. The first kappa shape index (κ1) is 12.2. The summed E-state index contributed by atoms with van der Waals surface area (Å²) in [6, 6.07) is 1.03. The lowest BCUT2D eigenvalue weighted by molar-refractivity contribution is -0.274. The minimum Gasteiger partial charge on any atom is -0.464 e. The second-order valence-electron chi connectivity index (χ2n) is 2.55. The zero-order chi connectivity index (χ0) is 12.3. The molecule has 0 bridgehead atoms.